The van der Waals surface area contributed by atoms with Gasteiger partial charge in [-0.1, -0.05) is 57.5 Å². The number of nitrogens with one attached hydrogen (secondary N) is 1. The number of hydrogen-bond donors (Lipinski definition) is 1. The highest BCUT2D eigenvalue weighted by Crippen LogP contribution is 2.38. The SMILES string of the molecule is COC(=O)COC(CNC(=O)[C@@H]1CC(C)CC[C@H]1C(C)C)c1ccccc1. The molecule has 1 amide bonds. The summed E-state index contributed by atoms with van der Waals surface area (Å²) in [6.07, 6.45) is 2.86. The lowest BCUT2D eigenvalue weighted by molar-refractivity contribution is -0.148. The Balaban J connectivity index is 2.01. The number of esters is 1. The predicted octanol–water partition coefficient (Wildman–Crippen LogP) is 3.74. The van der Waals surface area contributed by atoms with Crippen LogP contribution < -0.4 is 5.32 Å². The van der Waals surface area contributed by atoms with Crippen molar-refractivity contribution in [3.05, 3.63) is 35.9 Å². The maximum absolute atomic E-state index is 12.9. The first-order valence-corrected chi connectivity index (χ1v) is 9.93. The highest BCUT2D eigenvalue weighted by molar-refractivity contribution is 5.79. The summed E-state index contributed by atoms with van der Waals surface area (Å²) in [6.45, 7) is 6.83. The van der Waals surface area contributed by atoms with E-state index in [4.69, 9.17) is 4.74 Å². The Morgan fingerprint density at radius 3 is 2.52 bits per heavy atom. The summed E-state index contributed by atoms with van der Waals surface area (Å²) in [7, 11) is 1.33. The van der Waals surface area contributed by atoms with Gasteiger partial charge in [-0.15, -0.1) is 0 Å². The lowest BCUT2D eigenvalue weighted by Gasteiger charge is -2.36. The van der Waals surface area contributed by atoms with Gasteiger partial charge in [0.1, 0.15) is 12.7 Å². The Bertz CT molecular complexity index is 602. The van der Waals surface area contributed by atoms with Crippen LogP contribution >= 0.6 is 0 Å². The van der Waals surface area contributed by atoms with Crippen molar-refractivity contribution in [2.24, 2.45) is 23.7 Å². The molecule has 2 rings (SSSR count). The quantitative estimate of drug-likeness (QED) is 0.703. The molecular weight excluding hydrogens is 342 g/mol. The van der Waals surface area contributed by atoms with Crippen LogP contribution in [-0.2, 0) is 19.1 Å². The number of ether oxygens (including phenoxy) is 2. The Kier molecular flexibility index (Phi) is 8.29. The third kappa shape index (κ3) is 6.35. The van der Waals surface area contributed by atoms with E-state index in [2.05, 4.69) is 30.8 Å². The minimum atomic E-state index is -0.428. The van der Waals surface area contributed by atoms with Crippen molar-refractivity contribution in [1.82, 2.24) is 5.32 Å². The van der Waals surface area contributed by atoms with Crippen molar-refractivity contribution in [1.29, 1.82) is 0 Å². The molecule has 5 heteroatoms. The molecule has 1 aromatic carbocycles. The van der Waals surface area contributed by atoms with Crippen molar-refractivity contribution in [2.75, 3.05) is 20.3 Å². The van der Waals surface area contributed by atoms with E-state index in [0.717, 1.165) is 18.4 Å². The van der Waals surface area contributed by atoms with Crippen molar-refractivity contribution < 1.29 is 19.1 Å². The normalized spacial score (nSPS) is 23.7. The molecule has 0 bridgehead atoms. The number of carbonyl (C=O) groups excluding carboxylic acids is 2. The third-order valence-electron chi connectivity index (χ3n) is 5.62. The molecule has 0 radical (unpaired) electrons. The number of carbonyl (C=O) groups is 2. The lowest BCUT2D eigenvalue weighted by atomic mass is 9.70. The molecule has 4 atom stereocenters. The maximum atomic E-state index is 12.9. The van der Waals surface area contributed by atoms with Crippen LogP contribution in [0.3, 0.4) is 0 Å². The average molecular weight is 376 g/mol. The second kappa shape index (κ2) is 10.5. The summed E-state index contributed by atoms with van der Waals surface area (Å²) in [5.41, 5.74) is 0.930. The summed E-state index contributed by atoms with van der Waals surface area (Å²) in [5.74, 6) is 1.22. The first-order chi connectivity index (χ1) is 12.9. The molecule has 0 saturated heterocycles. The Labute approximate surface area is 162 Å². The van der Waals surface area contributed by atoms with Gasteiger partial charge in [-0.05, 0) is 36.2 Å². The van der Waals surface area contributed by atoms with E-state index in [9.17, 15) is 9.59 Å². The molecule has 1 aliphatic rings. The zero-order valence-corrected chi connectivity index (χ0v) is 16.9. The summed E-state index contributed by atoms with van der Waals surface area (Å²) in [6, 6.07) is 9.64. The van der Waals surface area contributed by atoms with E-state index >= 15 is 0 Å². The highest BCUT2D eigenvalue weighted by atomic mass is 16.6. The molecule has 5 nitrogen and oxygen atoms in total. The molecule has 1 N–H and O–H groups in total. The molecule has 1 fully saturated rings. The topological polar surface area (TPSA) is 64.6 Å². The van der Waals surface area contributed by atoms with Crippen LogP contribution in [0.1, 0.15) is 51.7 Å². The van der Waals surface area contributed by atoms with E-state index in [1.165, 1.54) is 13.5 Å². The van der Waals surface area contributed by atoms with Gasteiger partial charge < -0.3 is 14.8 Å². The Morgan fingerprint density at radius 1 is 1.19 bits per heavy atom. The standard InChI is InChI=1S/C22H33NO4/c1-15(2)18-11-10-16(3)12-19(18)22(25)23-13-20(27-14-21(24)26-4)17-8-6-5-7-9-17/h5-9,15-16,18-20H,10-14H2,1-4H3,(H,23,25)/t16?,18-,19+,20?/m0/s1. The zero-order chi connectivity index (χ0) is 19.8. The molecule has 1 saturated carbocycles. The van der Waals surface area contributed by atoms with E-state index in [0.29, 0.717) is 24.3 Å². The summed E-state index contributed by atoms with van der Waals surface area (Å²) in [4.78, 5) is 24.4. The summed E-state index contributed by atoms with van der Waals surface area (Å²) in [5, 5.41) is 3.08. The van der Waals surface area contributed by atoms with Gasteiger partial charge >= 0.3 is 5.97 Å². The fourth-order valence-electron chi connectivity index (χ4n) is 4.00. The van der Waals surface area contributed by atoms with E-state index in [1.54, 1.807) is 0 Å². The van der Waals surface area contributed by atoms with Gasteiger partial charge in [-0.3, -0.25) is 4.79 Å². The van der Waals surface area contributed by atoms with Gasteiger partial charge in [0.25, 0.3) is 0 Å². The summed E-state index contributed by atoms with van der Waals surface area (Å²) >= 11 is 0. The minimum Gasteiger partial charge on any atom is -0.467 e. The monoisotopic (exact) mass is 375 g/mol. The maximum Gasteiger partial charge on any atom is 0.331 e. The number of hydrogen-bond acceptors (Lipinski definition) is 4. The van der Waals surface area contributed by atoms with Gasteiger partial charge in [-0.25, -0.2) is 4.79 Å². The van der Waals surface area contributed by atoms with E-state index < -0.39 is 5.97 Å². The largest absolute Gasteiger partial charge is 0.467 e. The first kappa shape index (κ1) is 21.4. The van der Waals surface area contributed by atoms with Crippen molar-refractivity contribution in [2.45, 2.75) is 46.1 Å². The van der Waals surface area contributed by atoms with Gasteiger partial charge in [-0.2, -0.15) is 0 Å². The predicted molar refractivity (Wildman–Crippen MR) is 105 cm³/mol. The van der Waals surface area contributed by atoms with Crippen LogP contribution in [0.25, 0.3) is 0 Å². The fraction of sp³-hybridized carbons (Fsp3) is 0.636. The Morgan fingerprint density at radius 2 is 1.89 bits per heavy atom. The van der Waals surface area contributed by atoms with Gasteiger partial charge in [0, 0.05) is 12.5 Å². The number of benzene rings is 1. The third-order valence-corrected chi connectivity index (χ3v) is 5.62. The van der Waals surface area contributed by atoms with Crippen LogP contribution in [-0.4, -0.2) is 32.1 Å². The van der Waals surface area contributed by atoms with E-state index in [-0.39, 0.29) is 24.5 Å². The number of rotatable bonds is 8. The number of amides is 1. The number of methoxy groups -OCH3 is 1. The van der Waals surface area contributed by atoms with Crippen molar-refractivity contribution in [3.8, 4) is 0 Å². The Hall–Kier alpha value is -1.88. The molecule has 0 aromatic heterocycles. The van der Waals surface area contributed by atoms with Gasteiger partial charge in [0.15, 0.2) is 0 Å². The molecule has 1 aromatic rings. The summed E-state index contributed by atoms with van der Waals surface area (Å²) < 4.78 is 10.4. The second-order valence-corrected chi connectivity index (χ2v) is 7.96. The van der Waals surface area contributed by atoms with Crippen molar-refractivity contribution in [3.63, 3.8) is 0 Å². The lowest BCUT2D eigenvalue weighted by Crippen LogP contribution is -2.41. The molecular formula is C22H33NO4. The van der Waals surface area contributed by atoms with Crippen LogP contribution in [0.4, 0.5) is 0 Å². The zero-order valence-electron chi connectivity index (χ0n) is 16.9. The molecule has 1 aliphatic carbocycles. The molecule has 0 aliphatic heterocycles. The smallest absolute Gasteiger partial charge is 0.331 e. The molecule has 27 heavy (non-hydrogen) atoms. The highest BCUT2D eigenvalue weighted by Gasteiger charge is 2.35. The average Bonchev–Trinajstić information content (AvgIpc) is 2.67. The van der Waals surface area contributed by atoms with Crippen molar-refractivity contribution >= 4 is 11.9 Å². The first-order valence-electron chi connectivity index (χ1n) is 9.93. The van der Waals surface area contributed by atoms with E-state index in [1.807, 2.05) is 30.3 Å². The second-order valence-electron chi connectivity index (χ2n) is 7.96. The van der Waals surface area contributed by atoms with Gasteiger partial charge in [0.05, 0.1) is 7.11 Å². The molecule has 2 unspecified atom stereocenters. The molecule has 0 heterocycles. The van der Waals surface area contributed by atoms with Crippen LogP contribution in [0.2, 0.25) is 0 Å². The van der Waals surface area contributed by atoms with Crippen LogP contribution in [0, 0.1) is 23.7 Å². The molecule has 150 valence electrons. The molecule has 0 spiro atoms. The van der Waals surface area contributed by atoms with Crippen LogP contribution in [0.15, 0.2) is 30.3 Å². The minimum absolute atomic E-state index is 0.0470. The fourth-order valence-corrected chi connectivity index (χ4v) is 4.00. The van der Waals surface area contributed by atoms with Gasteiger partial charge in [0.2, 0.25) is 5.91 Å². The van der Waals surface area contributed by atoms with Crippen LogP contribution in [0.5, 0.6) is 0 Å².